The zero-order valence-electron chi connectivity index (χ0n) is 13.4. The molecule has 0 aliphatic rings. The minimum Gasteiger partial charge on any atom is -0.497 e. The molecule has 0 aliphatic carbocycles. The maximum absolute atomic E-state index is 12.4. The largest absolute Gasteiger partial charge is 0.497 e. The average molecular weight is 380 g/mol. The van der Waals surface area contributed by atoms with Gasteiger partial charge in [0.25, 0.3) is 5.91 Å². The first-order chi connectivity index (χ1) is 12.1. The van der Waals surface area contributed by atoms with Gasteiger partial charge in [-0.05, 0) is 30.3 Å². The highest BCUT2D eigenvalue weighted by Gasteiger charge is 2.17. The number of thiophene rings is 1. The number of nitrogens with one attached hydrogen (secondary N) is 1. The molecule has 0 spiro atoms. The first-order valence-electron chi connectivity index (χ1n) is 7.19. The lowest BCUT2D eigenvalue weighted by atomic mass is 10.1. The van der Waals surface area contributed by atoms with Gasteiger partial charge < -0.3 is 13.9 Å². The summed E-state index contributed by atoms with van der Waals surface area (Å²) in [5.74, 6) is 0.884. The molecule has 9 heteroatoms. The number of nitrogens with zero attached hydrogens (tertiary/aromatic N) is 2. The summed E-state index contributed by atoms with van der Waals surface area (Å²) < 4.78 is 16.5. The molecule has 3 aromatic rings. The maximum atomic E-state index is 12.4. The van der Waals surface area contributed by atoms with Crippen molar-refractivity contribution in [3.05, 3.63) is 51.0 Å². The van der Waals surface area contributed by atoms with Gasteiger partial charge in [0.1, 0.15) is 11.5 Å². The van der Waals surface area contributed by atoms with E-state index in [4.69, 9.17) is 25.5 Å². The zero-order chi connectivity index (χ0) is 17.8. The highest BCUT2D eigenvalue weighted by molar-refractivity contribution is 7.16. The Morgan fingerprint density at radius 1 is 1.24 bits per heavy atom. The number of hydrogen-bond donors (Lipinski definition) is 1. The quantitative estimate of drug-likeness (QED) is 0.703. The summed E-state index contributed by atoms with van der Waals surface area (Å²) in [7, 11) is 3.00. The number of carbonyl (C=O) groups excluding carboxylic acids is 1. The third-order valence-corrected chi connectivity index (χ3v) is 4.52. The standard InChI is InChI=1S/C16H14ClN3O4S/c1-22-9-3-5-12(23-2)11(7-9)15(21)18-16-20-19-14(24-16)8-10-4-6-13(17)25-10/h3-7H,8H2,1-2H3,(H,18,20,21). The number of benzene rings is 1. The summed E-state index contributed by atoms with van der Waals surface area (Å²) in [6.45, 7) is 0. The number of amides is 1. The zero-order valence-corrected chi connectivity index (χ0v) is 15.0. The van der Waals surface area contributed by atoms with E-state index < -0.39 is 5.91 Å². The Morgan fingerprint density at radius 2 is 2.08 bits per heavy atom. The third-order valence-electron chi connectivity index (χ3n) is 3.29. The molecule has 1 aromatic carbocycles. The first-order valence-corrected chi connectivity index (χ1v) is 8.38. The Morgan fingerprint density at radius 3 is 2.76 bits per heavy atom. The molecule has 0 aliphatic heterocycles. The minimum absolute atomic E-state index is 0.00697. The minimum atomic E-state index is -0.440. The van der Waals surface area contributed by atoms with Crippen LogP contribution < -0.4 is 14.8 Å². The van der Waals surface area contributed by atoms with Crippen molar-refractivity contribution >= 4 is 34.9 Å². The number of rotatable bonds is 6. The van der Waals surface area contributed by atoms with Gasteiger partial charge in [-0.2, -0.15) is 0 Å². The van der Waals surface area contributed by atoms with Crippen molar-refractivity contribution in [2.24, 2.45) is 0 Å². The average Bonchev–Trinajstić information content (AvgIpc) is 3.23. The summed E-state index contributed by atoms with van der Waals surface area (Å²) in [5, 5.41) is 10.3. The topological polar surface area (TPSA) is 86.5 Å². The van der Waals surface area contributed by atoms with Crippen molar-refractivity contribution in [1.82, 2.24) is 10.2 Å². The lowest BCUT2D eigenvalue weighted by molar-refractivity contribution is 0.102. The number of hydrogen-bond acceptors (Lipinski definition) is 7. The predicted octanol–water partition coefficient (Wildman–Crippen LogP) is 3.64. The molecule has 0 fully saturated rings. The molecule has 0 unspecified atom stereocenters. The third kappa shape index (κ3) is 4.09. The van der Waals surface area contributed by atoms with Crippen LogP contribution in [-0.4, -0.2) is 30.3 Å². The van der Waals surface area contributed by atoms with E-state index in [-0.39, 0.29) is 6.01 Å². The van der Waals surface area contributed by atoms with Gasteiger partial charge in [0.05, 0.1) is 30.5 Å². The van der Waals surface area contributed by atoms with E-state index in [1.165, 1.54) is 25.6 Å². The molecule has 130 valence electrons. The molecule has 0 bridgehead atoms. The van der Waals surface area contributed by atoms with Crippen LogP contribution in [0, 0.1) is 0 Å². The summed E-state index contributed by atoms with van der Waals surface area (Å²) in [6.07, 6.45) is 0.447. The van der Waals surface area contributed by atoms with Gasteiger partial charge in [-0.3, -0.25) is 10.1 Å². The van der Waals surface area contributed by atoms with Gasteiger partial charge in [0.2, 0.25) is 5.89 Å². The van der Waals surface area contributed by atoms with Gasteiger partial charge in [-0.1, -0.05) is 16.7 Å². The van der Waals surface area contributed by atoms with Crippen molar-refractivity contribution in [3.8, 4) is 11.5 Å². The second-order valence-corrected chi connectivity index (χ2v) is 6.70. The van der Waals surface area contributed by atoms with Crippen molar-refractivity contribution in [3.63, 3.8) is 0 Å². The Kier molecular flexibility index (Phi) is 5.20. The van der Waals surface area contributed by atoms with E-state index in [0.717, 1.165) is 4.88 Å². The molecule has 3 rings (SSSR count). The van der Waals surface area contributed by atoms with E-state index >= 15 is 0 Å². The Labute approximate surface area is 152 Å². The van der Waals surface area contributed by atoms with Crippen LogP contribution >= 0.6 is 22.9 Å². The molecule has 2 heterocycles. The summed E-state index contributed by atoms with van der Waals surface area (Å²) in [5.41, 5.74) is 0.298. The number of anilines is 1. The molecule has 1 amide bonds. The van der Waals surface area contributed by atoms with Crippen LogP contribution in [0.1, 0.15) is 21.1 Å². The molecule has 0 radical (unpaired) electrons. The summed E-state index contributed by atoms with van der Waals surface area (Å²) in [4.78, 5) is 13.4. The second kappa shape index (κ2) is 7.54. The van der Waals surface area contributed by atoms with Crippen molar-refractivity contribution in [1.29, 1.82) is 0 Å². The summed E-state index contributed by atoms with van der Waals surface area (Å²) >= 11 is 7.33. The normalized spacial score (nSPS) is 10.5. The van der Waals surface area contributed by atoms with Crippen LogP contribution in [0.4, 0.5) is 6.01 Å². The number of carbonyl (C=O) groups is 1. The van der Waals surface area contributed by atoms with Crippen LogP contribution in [0.5, 0.6) is 11.5 Å². The first kappa shape index (κ1) is 17.2. The van der Waals surface area contributed by atoms with Crippen LogP contribution in [0.2, 0.25) is 4.34 Å². The van der Waals surface area contributed by atoms with Crippen LogP contribution in [0.25, 0.3) is 0 Å². The smallest absolute Gasteiger partial charge is 0.322 e. The molecular weight excluding hydrogens is 366 g/mol. The number of methoxy groups -OCH3 is 2. The second-order valence-electron chi connectivity index (χ2n) is 4.90. The van der Waals surface area contributed by atoms with E-state index in [2.05, 4.69) is 15.5 Å². The molecular formula is C16H14ClN3O4S. The number of ether oxygens (including phenoxy) is 2. The van der Waals surface area contributed by atoms with E-state index in [9.17, 15) is 4.79 Å². The van der Waals surface area contributed by atoms with E-state index in [1.807, 2.05) is 6.07 Å². The maximum Gasteiger partial charge on any atom is 0.322 e. The predicted molar refractivity (Wildman–Crippen MR) is 93.9 cm³/mol. The molecule has 25 heavy (non-hydrogen) atoms. The number of aromatic nitrogens is 2. The van der Waals surface area contributed by atoms with Crippen molar-refractivity contribution < 1.29 is 18.7 Å². The molecule has 0 saturated carbocycles. The van der Waals surface area contributed by atoms with Gasteiger partial charge in [0.15, 0.2) is 0 Å². The molecule has 1 N–H and O–H groups in total. The highest BCUT2D eigenvalue weighted by Crippen LogP contribution is 2.26. The molecule has 0 atom stereocenters. The Hall–Kier alpha value is -2.58. The molecule has 0 saturated heterocycles. The highest BCUT2D eigenvalue weighted by atomic mass is 35.5. The van der Waals surface area contributed by atoms with Crippen molar-refractivity contribution in [2.75, 3.05) is 19.5 Å². The SMILES string of the molecule is COc1ccc(OC)c(C(=O)Nc2nnc(Cc3ccc(Cl)s3)o2)c1. The molecule has 2 aromatic heterocycles. The van der Waals surface area contributed by atoms with E-state index in [0.29, 0.717) is 33.7 Å². The van der Waals surface area contributed by atoms with Gasteiger partial charge >= 0.3 is 6.01 Å². The van der Waals surface area contributed by atoms with Crippen LogP contribution in [0.15, 0.2) is 34.7 Å². The fraction of sp³-hybridized carbons (Fsp3) is 0.188. The van der Waals surface area contributed by atoms with Gasteiger partial charge in [-0.25, -0.2) is 0 Å². The summed E-state index contributed by atoms with van der Waals surface area (Å²) in [6, 6.07) is 8.61. The van der Waals surface area contributed by atoms with Crippen molar-refractivity contribution in [2.45, 2.75) is 6.42 Å². The van der Waals surface area contributed by atoms with E-state index in [1.54, 1.807) is 24.3 Å². The van der Waals surface area contributed by atoms with Gasteiger partial charge in [-0.15, -0.1) is 16.4 Å². The fourth-order valence-electron chi connectivity index (χ4n) is 2.13. The van der Waals surface area contributed by atoms with Gasteiger partial charge in [0, 0.05) is 4.88 Å². The van der Waals surface area contributed by atoms with Crippen LogP contribution in [-0.2, 0) is 6.42 Å². The molecule has 7 nitrogen and oxygen atoms in total. The van der Waals surface area contributed by atoms with Crippen LogP contribution in [0.3, 0.4) is 0 Å². The number of halogens is 1. The Bertz CT molecular complexity index is 893. The Balaban J connectivity index is 1.73. The lowest BCUT2D eigenvalue weighted by Crippen LogP contribution is -2.13. The lowest BCUT2D eigenvalue weighted by Gasteiger charge is -2.09. The fourth-order valence-corrected chi connectivity index (χ4v) is 3.21. The monoisotopic (exact) mass is 379 g/mol.